The topological polar surface area (TPSA) is 51.2 Å². The van der Waals surface area contributed by atoms with Crippen molar-refractivity contribution in [3.63, 3.8) is 0 Å². The van der Waals surface area contributed by atoms with Gasteiger partial charge < -0.3 is 10.1 Å². The van der Waals surface area contributed by atoms with Crippen LogP contribution in [-0.4, -0.2) is 10.9 Å². The third kappa shape index (κ3) is 5.43. The number of aromatic nitrogens is 1. The minimum Gasteiger partial charge on any atom is -0.487 e. The van der Waals surface area contributed by atoms with E-state index in [0.29, 0.717) is 13.0 Å². The molecular formula is C21H22N2O2S. The first kappa shape index (κ1) is 18.1. The molecule has 0 saturated carbocycles. The number of hydrogen-bond donors (Lipinski definition) is 1. The molecule has 3 rings (SSSR count). The molecule has 2 heterocycles. The van der Waals surface area contributed by atoms with Crippen molar-refractivity contribution >= 4 is 17.2 Å². The number of nitrogens with zero attached hydrogens (tertiary/aromatic N) is 1. The van der Waals surface area contributed by atoms with Crippen molar-refractivity contribution in [1.82, 2.24) is 10.3 Å². The molecule has 0 aliphatic carbocycles. The van der Waals surface area contributed by atoms with Crippen molar-refractivity contribution in [2.24, 2.45) is 0 Å². The van der Waals surface area contributed by atoms with Crippen LogP contribution >= 0.6 is 11.3 Å². The summed E-state index contributed by atoms with van der Waals surface area (Å²) in [5.41, 5.74) is 3.11. The van der Waals surface area contributed by atoms with Crippen LogP contribution in [0.25, 0.3) is 0 Å². The van der Waals surface area contributed by atoms with Crippen molar-refractivity contribution in [3.8, 4) is 5.75 Å². The number of pyridine rings is 1. The molecule has 0 unspecified atom stereocenters. The van der Waals surface area contributed by atoms with Gasteiger partial charge in [-0.15, -0.1) is 0 Å². The lowest BCUT2D eigenvalue weighted by Gasteiger charge is -2.15. The summed E-state index contributed by atoms with van der Waals surface area (Å²) in [5.74, 6) is 0.830. The molecular weight excluding hydrogens is 344 g/mol. The zero-order valence-corrected chi connectivity index (χ0v) is 15.5. The number of nitrogens with one attached hydrogen (secondary N) is 1. The van der Waals surface area contributed by atoms with Crippen LogP contribution in [0, 0.1) is 0 Å². The fourth-order valence-corrected chi connectivity index (χ4v) is 3.31. The lowest BCUT2D eigenvalue weighted by atomic mass is 10.1. The zero-order valence-electron chi connectivity index (χ0n) is 14.7. The molecule has 1 aromatic carbocycles. The first-order chi connectivity index (χ1) is 12.7. The maximum absolute atomic E-state index is 12.2. The van der Waals surface area contributed by atoms with Gasteiger partial charge in [0.1, 0.15) is 12.4 Å². The van der Waals surface area contributed by atoms with Gasteiger partial charge in [-0.3, -0.25) is 9.78 Å². The van der Waals surface area contributed by atoms with E-state index in [2.05, 4.69) is 21.7 Å². The molecule has 134 valence electrons. The van der Waals surface area contributed by atoms with Gasteiger partial charge >= 0.3 is 0 Å². The average Bonchev–Trinajstić information content (AvgIpc) is 3.19. The summed E-state index contributed by atoms with van der Waals surface area (Å²) in [7, 11) is 0. The number of carbonyl (C=O) groups excluding carboxylic acids is 1. The standard InChI is InChI=1S/C21H22N2O2S/c1-16(23-21(24)9-8-17-10-12-26-15-17)18-5-4-7-20(13-18)25-14-19-6-2-3-11-22-19/h2-7,10-13,15-16H,8-9,14H2,1H3,(H,23,24)/t16-/m0/s1. The van der Waals surface area contributed by atoms with Crippen molar-refractivity contribution in [1.29, 1.82) is 0 Å². The lowest BCUT2D eigenvalue weighted by Crippen LogP contribution is -2.26. The Kier molecular flexibility index (Phi) is 6.39. The molecule has 0 saturated heterocycles. The Morgan fingerprint density at radius 3 is 2.92 bits per heavy atom. The number of amides is 1. The van der Waals surface area contributed by atoms with Crippen LogP contribution in [0.15, 0.2) is 65.5 Å². The number of carbonyl (C=O) groups is 1. The Balaban J connectivity index is 1.52. The van der Waals surface area contributed by atoms with Crippen LogP contribution in [-0.2, 0) is 17.8 Å². The van der Waals surface area contributed by atoms with Gasteiger partial charge in [0.05, 0.1) is 11.7 Å². The summed E-state index contributed by atoms with van der Waals surface area (Å²) in [6, 6.07) is 15.6. The van der Waals surface area contributed by atoms with E-state index in [1.165, 1.54) is 5.56 Å². The van der Waals surface area contributed by atoms with Gasteiger partial charge in [-0.25, -0.2) is 0 Å². The quantitative estimate of drug-likeness (QED) is 0.637. The highest BCUT2D eigenvalue weighted by atomic mass is 32.1. The Labute approximate surface area is 157 Å². The summed E-state index contributed by atoms with van der Waals surface area (Å²) < 4.78 is 5.81. The van der Waals surface area contributed by atoms with Gasteiger partial charge in [-0.1, -0.05) is 18.2 Å². The molecule has 0 spiro atoms. The summed E-state index contributed by atoms with van der Waals surface area (Å²) >= 11 is 1.66. The average molecular weight is 366 g/mol. The van der Waals surface area contributed by atoms with Gasteiger partial charge in [-0.2, -0.15) is 11.3 Å². The predicted octanol–water partition coefficient (Wildman–Crippen LogP) is 4.53. The Morgan fingerprint density at radius 1 is 1.23 bits per heavy atom. The molecule has 0 bridgehead atoms. The summed E-state index contributed by atoms with van der Waals surface area (Å²) in [6.07, 6.45) is 3.02. The molecule has 5 heteroatoms. The third-order valence-corrected chi connectivity index (χ3v) is 4.80. The Bertz CT molecular complexity index is 819. The van der Waals surface area contributed by atoms with Crippen LogP contribution < -0.4 is 10.1 Å². The summed E-state index contributed by atoms with van der Waals surface area (Å²) in [6.45, 7) is 2.41. The Hall–Kier alpha value is -2.66. The zero-order chi connectivity index (χ0) is 18.2. The second-order valence-electron chi connectivity index (χ2n) is 6.10. The van der Waals surface area contributed by atoms with E-state index in [9.17, 15) is 4.79 Å². The van der Waals surface area contributed by atoms with Gasteiger partial charge in [0, 0.05) is 12.6 Å². The fraction of sp³-hybridized carbons (Fsp3) is 0.238. The fourth-order valence-electron chi connectivity index (χ4n) is 2.60. The molecule has 0 aliphatic rings. The number of thiophene rings is 1. The first-order valence-electron chi connectivity index (χ1n) is 8.64. The molecule has 1 atom stereocenters. The number of rotatable bonds is 8. The van der Waals surface area contributed by atoms with Crippen LogP contribution in [0.2, 0.25) is 0 Å². The number of ether oxygens (including phenoxy) is 1. The van der Waals surface area contributed by atoms with E-state index < -0.39 is 0 Å². The second-order valence-corrected chi connectivity index (χ2v) is 6.88. The molecule has 4 nitrogen and oxygen atoms in total. The van der Waals surface area contributed by atoms with Crippen molar-refractivity contribution in [2.75, 3.05) is 0 Å². The molecule has 0 aliphatic heterocycles. The second kappa shape index (κ2) is 9.15. The van der Waals surface area contributed by atoms with E-state index in [1.807, 2.05) is 54.8 Å². The largest absolute Gasteiger partial charge is 0.487 e. The minimum atomic E-state index is -0.0663. The predicted molar refractivity (Wildman–Crippen MR) is 104 cm³/mol. The molecule has 1 amide bonds. The van der Waals surface area contributed by atoms with E-state index in [1.54, 1.807) is 17.5 Å². The van der Waals surface area contributed by atoms with E-state index in [-0.39, 0.29) is 11.9 Å². The van der Waals surface area contributed by atoms with Crippen LogP contribution in [0.5, 0.6) is 5.75 Å². The smallest absolute Gasteiger partial charge is 0.220 e. The van der Waals surface area contributed by atoms with Gasteiger partial charge in [-0.05, 0) is 65.6 Å². The highest BCUT2D eigenvalue weighted by Crippen LogP contribution is 2.20. The van der Waals surface area contributed by atoms with E-state index in [0.717, 1.165) is 23.4 Å². The van der Waals surface area contributed by atoms with E-state index >= 15 is 0 Å². The van der Waals surface area contributed by atoms with Crippen LogP contribution in [0.1, 0.15) is 36.2 Å². The minimum absolute atomic E-state index is 0.0588. The van der Waals surface area contributed by atoms with Crippen LogP contribution in [0.3, 0.4) is 0 Å². The SMILES string of the molecule is C[C@H](NC(=O)CCc1ccsc1)c1cccc(OCc2ccccn2)c1. The van der Waals surface area contributed by atoms with Gasteiger partial charge in [0.2, 0.25) is 5.91 Å². The third-order valence-electron chi connectivity index (χ3n) is 4.07. The van der Waals surface area contributed by atoms with Crippen molar-refractivity contribution in [2.45, 2.75) is 32.4 Å². The highest BCUT2D eigenvalue weighted by Gasteiger charge is 2.11. The number of benzene rings is 1. The summed E-state index contributed by atoms with van der Waals surface area (Å²) in [4.78, 5) is 16.4. The molecule has 26 heavy (non-hydrogen) atoms. The lowest BCUT2D eigenvalue weighted by molar-refractivity contribution is -0.121. The normalized spacial score (nSPS) is 11.7. The summed E-state index contributed by atoms with van der Waals surface area (Å²) in [5, 5.41) is 7.17. The van der Waals surface area contributed by atoms with Gasteiger partial charge in [0.15, 0.2) is 0 Å². The first-order valence-corrected chi connectivity index (χ1v) is 9.58. The van der Waals surface area contributed by atoms with E-state index in [4.69, 9.17) is 4.74 Å². The van der Waals surface area contributed by atoms with Crippen molar-refractivity contribution < 1.29 is 9.53 Å². The molecule has 0 radical (unpaired) electrons. The van der Waals surface area contributed by atoms with Gasteiger partial charge in [0.25, 0.3) is 0 Å². The van der Waals surface area contributed by atoms with Crippen molar-refractivity contribution in [3.05, 3.63) is 82.3 Å². The maximum atomic E-state index is 12.2. The highest BCUT2D eigenvalue weighted by molar-refractivity contribution is 7.07. The Morgan fingerprint density at radius 2 is 2.15 bits per heavy atom. The number of aryl methyl sites for hydroxylation is 1. The van der Waals surface area contributed by atoms with Crippen LogP contribution in [0.4, 0.5) is 0 Å². The maximum Gasteiger partial charge on any atom is 0.220 e. The molecule has 0 fully saturated rings. The molecule has 2 aromatic heterocycles. The molecule has 1 N–H and O–H groups in total. The monoisotopic (exact) mass is 366 g/mol. The molecule has 3 aromatic rings. The number of hydrogen-bond acceptors (Lipinski definition) is 4.